The predicted octanol–water partition coefficient (Wildman–Crippen LogP) is 3.78. The van der Waals surface area contributed by atoms with Crippen LogP contribution in [-0.2, 0) is 5.75 Å². The molecular weight excluding hydrogens is 376 g/mol. The molecule has 122 valence electrons. The molecule has 0 aliphatic heterocycles. The standard InChI is InChI=1S/C15H19BrN6S/c16-12-6-4-5-11(9-12)10-23-15-21-20-14(22(15)17)19-18-13-7-2-1-3-8-13/h4-6,9H,1-3,7-8,10,17H2,(H,19,20). The van der Waals surface area contributed by atoms with Gasteiger partial charge in [0, 0.05) is 15.9 Å². The average Bonchev–Trinajstić information content (AvgIpc) is 2.92. The highest BCUT2D eigenvalue weighted by Crippen LogP contribution is 2.23. The molecule has 0 bridgehead atoms. The lowest BCUT2D eigenvalue weighted by atomic mass is 9.99. The second-order valence-electron chi connectivity index (χ2n) is 5.45. The Morgan fingerprint density at radius 1 is 1.26 bits per heavy atom. The van der Waals surface area contributed by atoms with Crippen LogP contribution in [0.1, 0.15) is 37.7 Å². The second kappa shape index (κ2) is 7.83. The summed E-state index contributed by atoms with van der Waals surface area (Å²) >= 11 is 5.02. The molecule has 0 atom stereocenters. The van der Waals surface area contributed by atoms with Crippen LogP contribution in [-0.4, -0.2) is 20.6 Å². The third-order valence-electron chi connectivity index (χ3n) is 3.67. The van der Waals surface area contributed by atoms with Crippen molar-refractivity contribution in [2.75, 3.05) is 11.3 Å². The number of anilines is 1. The molecule has 0 unspecified atom stereocenters. The van der Waals surface area contributed by atoms with Crippen molar-refractivity contribution in [1.29, 1.82) is 0 Å². The van der Waals surface area contributed by atoms with E-state index in [9.17, 15) is 0 Å². The van der Waals surface area contributed by atoms with Crippen LogP contribution in [0, 0.1) is 0 Å². The van der Waals surface area contributed by atoms with Crippen molar-refractivity contribution >= 4 is 39.4 Å². The van der Waals surface area contributed by atoms with Gasteiger partial charge in [-0.2, -0.15) is 5.10 Å². The maximum Gasteiger partial charge on any atom is 0.264 e. The smallest absolute Gasteiger partial charge is 0.264 e. The molecule has 8 heteroatoms. The number of nitrogen functional groups attached to an aromatic ring is 1. The number of aromatic nitrogens is 3. The van der Waals surface area contributed by atoms with Gasteiger partial charge in [0.1, 0.15) is 0 Å². The Kier molecular flexibility index (Phi) is 5.56. The van der Waals surface area contributed by atoms with E-state index in [4.69, 9.17) is 5.84 Å². The van der Waals surface area contributed by atoms with Crippen LogP contribution in [0.25, 0.3) is 0 Å². The van der Waals surface area contributed by atoms with Crippen molar-refractivity contribution in [1.82, 2.24) is 14.9 Å². The summed E-state index contributed by atoms with van der Waals surface area (Å²) < 4.78 is 2.52. The van der Waals surface area contributed by atoms with Crippen LogP contribution < -0.4 is 11.3 Å². The maximum absolute atomic E-state index is 6.04. The fraction of sp³-hybridized carbons (Fsp3) is 0.400. The Hall–Kier alpha value is -1.54. The van der Waals surface area contributed by atoms with Gasteiger partial charge in [0.15, 0.2) is 0 Å². The monoisotopic (exact) mass is 394 g/mol. The fourth-order valence-electron chi connectivity index (χ4n) is 2.43. The van der Waals surface area contributed by atoms with E-state index in [2.05, 4.69) is 48.8 Å². The van der Waals surface area contributed by atoms with E-state index >= 15 is 0 Å². The van der Waals surface area contributed by atoms with E-state index in [-0.39, 0.29) is 0 Å². The minimum atomic E-state index is 0.472. The van der Waals surface area contributed by atoms with Gasteiger partial charge in [0.25, 0.3) is 5.95 Å². The van der Waals surface area contributed by atoms with E-state index in [0.29, 0.717) is 11.1 Å². The molecule has 0 spiro atoms. The summed E-state index contributed by atoms with van der Waals surface area (Å²) in [6.45, 7) is 0. The van der Waals surface area contributed by atoms with E-state index in [1.165, 1.54) is 35.2 Å². The SMILES string of the molecule is Nn1c(NN=C2CCCCC2)nnc1SCc1cccc(Br)c1. The molecule has 0 radical (unpaired) electrons. The van der Waals surface area contributed by atoms with E-state index in [1.54, 1.807) is 11.8 Å². The number of nitrogens with one attached hydrogen (secondary N) is 1. The van der Waals surface area contributed by atoms with Gasteiger partial charge in [-0.05, 0) is 43.4 Å². The zero-order valence-electron chi connectivity index (χ0n) is 12.7. The highest BCUT2D eigenvalue weighted by atomic mass is 79.9. The number of nitrogens with two attached hydrogens (primary N) is 1. The summed E-state index contributed by atoms with van der Waals surface area (Å²) in [5.74, 6) is 7.30. The minimum Gasteiger partial charge on any atom is -0.334 e. The summed E-state index contributed by atoms with van der Waals surface area (Å²) in [6, 6.07) is 8.17. The highest BCUT2D eigenvalue weighted by Gasteiger charge is 2.11. The topological polar surface area (TPSA) is 81.1 Å². The molecule has 1 fully saturated rings. The number of rotatable bonds is 5. The second-order valence-corrected chi connectivity index (χ2v) is 7.30. The Morgan fingerprint density at radius 2 is 2.09 bits per heavy atom. The van der Waals surface area contributed by atoms with Crippen LogP contribution in [0.3, 0.4) is 0 Å². The average molecular weight is 395 g/mol. The van der Waals surface area contributed by atoms with Crippen molar-refractivity contribution in [2.24, 2.45) is 5.10 Å². The molecule has 6 nitrogen and oxygen atoms in total. The first-order chi connectivity index (χ1) is 11.2. The molecule has 1 aliphatic carbocycles. The van der Waals surface area contributed by atoms with Gasteiger partial charge in [-0.25, -0.2) is 10.1 Å². The number of nitrogens with zero attached hydrogens (tertiary/aromatic N) is 4. The zero-order chi connectivity index (χ0) is 16.1. The van der Waals surface area contributed by atoms with Crippen LogP contribution in [0.5, 0.6) is 0 Å². The molecule has 3 rings (SSSR count). The highest BCUT2D eigenvalue weighted by molar-refractivity contribution is 9.10. The van der Waals surface area contributed by atoms with Gasteiger partial charge in [0.2, 0.25) is 5.16 Å². The van der Waals surface area contributed by atoms with Crippen LogP contribution in [0.2, 0.25) is 0 Å². The van der Waals surface area contributed by atoms with E-state index in [0.717, 1.165) is 23.1 Å². The van der Waals surface area contributed by atoms with Crippen molar-refractivity contribution in [2.45, 2.75) is 43.0 Å². The van der Waals surface area contributed by atoms with Crippen molar-refractivity contribution in [3.8, 4) is 0 Å². The van der Waals surface area contributed by atoms with Crippen LogP contribution in [0.15, 0.2) is 39.0 Å². The molecule has 2 aromatic rings. The Labute approximate surface area is 148 Å². The predicted molar refractivity (Wildman–Crippen MR) is 98.0 cm³/mol. The summed E-state index contributed by atoms with van der Waals surface area (Å²) in [6.07, 6.45) is 5.82. The molecule has 1 saturated carbocycles. The summed E-state index contributed by atoms with van der Waals surface area (Å²) in [7, 11) is 0. The number of hydrogen-bond acceptors (Lipinski definition) is 6. The molecule has 0 saturated heterocycles. The van der Waals surface area contributed by atoms with Gasteiger partial charge >= 0.3 is 0 Å². The van der Waals surface area contributed by atoms with Crippen molar-refractivity contribution in [3.63, 3.8) is 0 Å². The first-order valence-electron chi connectivity index (χ1n) is 7.61. The number of hydrogen-bond donors (Lipinski definition) is 2. The first kappa shape index (κ1) is 16.3. The summed E-state index contributed by atoms with van der Waals surface area (Å²) in [4.78, 5) is 0. The minimum absolute atomic E-state index is 0.472. The third kappa shape index (κ3) is 4.48. The van der Waals surface area contributed by atoms with Gasteiger partial charge in [0.05, 0.1) is 0 Å². The Morgan fingerprint density at radius 3 is 2.87 bits per heavy atom. The van der Waals surface area contributed by atoms with Crippen LogP contribution >= 0.6 is 27.7 Å². The van der Waals surface area contributed by atoms with Crippen LogP contribution in [0.4, 0.5) is 5.95 Å². The number of benzene rings is 1. The lowest BCUT2D eigenvalue weighted by molar-refractivity contribution is 0.665. The van der Waals surface area contributed by atoms with E-state index in [1.807, 2.05) is 12.1 Å². The fourth-order valence-corrected chi connectivity index (χ4v) is 3.67. The molecule has 1 aromatic heterocycles. The van der Waals surface area contributed by atoms with Gasteiger partial charge < -0.3 is 5.84 Å². The summed E-state index contributed by atoms with van der Waals surface area (Å²) in [5, 5.41) is 13.3. The lowest BCUT2D eigenvalue weighted by Crippen LogP contribution is -2.14. The normalized spacial score (nSPS) is 14.7. The Balaban J connectivity index is 1.60. The molecule has 1 heterocycles. The number of halogens is 1. The molecule has 1 aliphatic rings. The van der Waals surface area contributed by atoms with Gasteiger partial charge in [-0.15, -0.1) is 10.2 Å². The largest absolute Gasteiger partial charge is 0.334 e. The molecule has 3 N–H and O–H groups in total. The maximum atomic E-state index is 6.04. The lowest BCUT2D eigenvalue weighted by Gasteiger charge is -2.12. The third-order valence-corrected chi connectivity index (χ3v) is 5.17. The zero-order valence-corrected chi connectivity index (χ0v) is 15.1. The van der Waals surface area contributed by atoms with Crippen molar-refractivity contribution < 1.29 is 0 Å². The molecule has 23 heavy (non-hydrogen) atoms. The number of hydrazone groups is 1. The molecule has 0 amide bonds. The quantitative estimate of drug-likeness (QED) is 0.458. The molecular formula is C15H19BrN6S. The van der Waals surface area contributed by atoms with E-state index < -0.39 is 0 Å². The first-order valence-corrected chi connectivity index (χ1v) is 9.39. The van der Waals surface area contributed by atoms with Crippen molar-refractivity contribution in [3.05, 3.63) is 34.3 Å². The number of thioether (sulfide) groups is 1. The van der Waals surface area contributed by atoms with Gasteiger partial charge in [-0.3, -0.25) is 0 Å². The van der Waals surface area contributed by atoms with Gasteiger partial charge in [-0.1, -0.05) is 46.2 Å². The Bertz CT molecular complexity index is 691. The molecule has 1 aromatic carbocycles. The summed E-state index contributed by atoms with van der Waals surface area (Å²) in [5.41, 5.74) is 5.32.